The van der Waals surface area contributed by atoms with Gasteiger partial charge in [0.25, 0.3) is 5.91 Å². The highest BCUT2D eigenvalue weighted by molar-refractivity contribution is 7.81. The SMILES string of the molecule is CCN(C(=O)c1cncc(OS(=O)(=O)F)c1)C(C)(C)C. The van der Waals surface area contributed by atoms with E-state index in [1.54, 1.807) is 4.90 Å². The van der Waals surface area contributed by atoms with E-state index in [1.807, 2.05) is 27.7 Å². The lowest BCUT2D eigenvalue weighted by Crippen LogP contribution is -2.45. The Morgan fingerprint density at radius 1 is 1.40 bits per heavy atom. The fourth-order valence-electron chi connectivity index (χ4n) is 1.77. The van der Waals surface area contributed by atoms with Crippen molar-refractivity contribution >= 4 is 16.4 Å². The van der Waals surface area contributed by atoms with Gasteiger partial charge in [-0.3, -0.25) is 9.78 Å². The Hall–Kier alpha value is -1.70. The maximum atomic E-state index is 12.4. The van der Waals surface area contributed by atoms with Crippen LogP contribution in [0.5, 0.6) is 5.75 Å². The van der Waals surface area contributed by atoms with Gasteiger partial charge in [0.1, 0.15) is 0 Å². The highest BCUT2D eigenvalue weighted by atomic mass is 32.3. The molecule has 0 aliphatic heterocycles. The number of rotatable bonds is 4. The Morgan fingerprint density at radius 3 is 2.45 bits per heavy atom. The Bertz CT molecular complexity index is 596. The number of aromatic nitrogens is 1. The summed E-state index contributed by atoms with van der Waals surface area (Å²) >= 11 is 0. The topological polar surface area (TPSA) is 76.6 Å². The van der Waals surface area contributed by atoms with E-state index in [1.165, 1.54) is 6.20 Å². The molecule has 0 spiro atoms. The van der Waals surface area contributed by atoms with Crippen LogP contribution in [0.15, 0.2) is 18.5 Å². The second kappa shape index (κ2) is 5.74. The summed E-state index contributed by atoms with van der Waals surface area (Å²) in [5, 5.41) is 0. The average Bonchev–Trinajstić information content (AvgIpc) is 2.25. The van der Waals surface area contributed by atoms with Gasteiger partial charge >= 0.3 is 10.5 Å². The van der Waals surface area contributed by atoms with E-state index in [2.05, 4.69) is 9.17 Å². The van der Waals surface area contributed by atoms with Crippen molar-refractivity contribution in [3.63, 3.8) is 0 Å². The van der Waals surface area contributed by atoms with E-state index < -0.39 is 16.0 Å². The highest BCUT2D eigenvalue weighted by Gasteiger charge is 2.26. The zero-order chi connectivity index (χ0) is 15.6. The largest absolute Gasteiger partial charge is 0.488 e. The predicted molar refractivity (Wildman–Crippen MR) is 71.4 cm³/mol. The molecule has 112 valence electrons. The number of amides is 1. The Labute approximate surface area is 118 Å². The van der Waals surface area contributed by atoms with Gasteiger partial charge in [-0.05, 0) is 33.8 Å². The van der Waals surface area contributed by atoms with Crippen molar-refractivity contribution in [1.82, 2.24) is 9.88 Å². The summed E-state index contributed by atoms with van der Waals surface area (Å²) < 4.78 is 37.4. The molecule has 0 bridgehead atoms. The third-order valence-corrected chi connectivity index (χ3v) is 2.92. The lowest BCUT2D eigenvalue weighted by atomic mass is 10.0. The smallest absolute Gasteiger partial charge is 0.357 e. The van der Waals surface area contributed by atoms with Crippen LogP contribution in [0.2, 0.25) is 0 Å². The summed E-state index contributed by atoms with van der Waals surface area (Å²) in [4.78, 5) is 17.6. The standard InChI is InChI=1S/C12H17FN2O4S/c1-5-15(12(2,3)4)11(16)9-6-10(8-14-7-9)19-20(13,17)18/h6-8H,5H2,1-4H3. The van der Waals surface area contributed by atoms with Crippen LogP contribution < -0.4 is 4.18 Å². The van der Waals surface area contributed by atoms with Gasteiger partial charge in [0.15, 0.2) is 5.75 Å². The van der Waals surface area contributed by atoms with Gasteiger partial charge in [0.2, 0.25) is 0 Å². The van der Waals surface area contributed by atoms with Crippen LogP contribution in [0.4, 0.5) is 3.89 Å². The molecule has 0 fully saturated rings. The second-order valence-electron chi connectivity index (χ2n) is 5.11. The molecule has 0 aliphatic carbocycles. The van der Waals surface area contributed by atoms with Gasteiger partial charge in [-0.1, -0.05) is 3.89 Å². The lowest BCUT2D eigenvalue weighted by Gasteiger charge is -2.34. The van der Waals surface area contributed by atoms with E-state index >= 15 is 0 Å². The van der Waals surface area contributed by atoms with Crippen molar-refractivity contribution in [2.75, 3.05) is 6.54 Å². The van der Waals surface area contributed by atoms with Crippen LogP contribution in [-0.4, -0.2) is 36.3 Å². The molecule has 0 saturated heterocycles. The van der Waals surface area contributed by atoms with Gasteiger partial charge < -0.3 is 9.08 Å². The first kappa shape index (κ1) is 16.4. The summed E-state index contributed by atoms with van der Waals surface area (Å²) in [7, 11) is -5.14. The van der Waals surface area contributed by atoms with Crippen LogP contribution in [-0.2, 0) is 10.5 Å². The molecule has 20 heavy (non-hydrogen) atoms. The zero-order valence-corrected chi connectivity index (χ0v) is 12.6. The summed E-state index contributed by atoms with van der Waals surface area (Å²) in [6, 6.07) is 1.14. The molecule has 1 rings (SSSR count). The molecule has 0 saturated carbocycles. The third-order valence-electron chi connectivity index (χ3n) is 2.53. The average molecular weight is 304 g/mol. The molecule has 0 atom stereocenters. The van der Waals surface area contributed by atoms with Crippen molar-refractivity contribution in [2.45, 2.75) is 33.2 Å². The summed E-state index contributed by atoms with van der Waals surface area (Å²) in [6.45, 7) is 7.90. The monoisotopic (exact) mass is 304 g/mol. The lowest BCUT2D eigenvalue weighted by molar-refractivity contribution is 0.0598. The zero-order valence-electron chi connectivity index (χ0n) is 11.8. The van der Waals surface area contributed by atoms with Gasteiger partial charge in [0.05, 0.1) is 11.8 Å². The van der Waals surface area contributed by atoms with E-state index in [9.17, 15) is 17.1 Å². The minimum absolute atomic E-state index is 0.128. The first-order valence-electron chi connectivity index (χ1n) is 5.95. The fourth-order valence-corrected chi connectivity index (χ4v) is 2.10. The van der Waals surface area contributed by atoms with Crippen molar-refractivity contribution < 1.29 is 21.3 Å². The van der Waals surface area contributed by atoms with E-state index in [4.69, 9.17) is 0 Å². The van der Waals surface area contributed by atoms with Crippen LogP contribution >= 0.6 is 0 Å². The quantitative estimate of drug-likeness (QED) is 0.794. The molecule has 1 aromatic rings. The van der Waals surface area contributed by atoms with Crippen molar-refractivity contribution in [3.8, 4) is 5.75 Å². The number of carbonyl (C=O) groups is 1. The number of carbonyl (C=O) groups excluding carboxylic acids is 1. The molecule has 8 heteroatoms. The van der Waals surface area contributed by atoms with Crippen molar-refractivity contribution in [2.24, 2.45) is 0 Å². The Balaban J connectivity index is 3.08. The second-order valence-corrected chi connectivity index (χ2v) is 6.06. The molecule has 0 aromatic carbocycles. The maximum absolute atomic E-state index is 12.4. The van der Waals surface area contributed by atoms with Crippen LogP contribution in [0.3, 0.4) is 0 Å². The Kier molecular flexibility index (Phi) is 4.69. The first-order valence-corrected chi connectivity index (χ1v) is 7.26. The van der Waals surface area contributed by atoms with Crippen LogP contribution in [0.25, 0.3) is 0 Å². The molecule has 1 heterocycles. The molecule has 0 radical (unpaired) electrons. The van der Waals surface area contributed by atoms with Crippen LogP contribution in [0.1, 0.15) is 38.1 Å². The predicted octanol–water partition coefficient (Wildman–Crippen LogP) is 1.94. The summed E-state index contributed by atoms with van der Waals surface area (Å²) in [5.41, 5.74) is -0.280. The van der Waals surface area contributed by atoms with E-state index in [-0.39, 0.29) is 17.2 Å². The molecule has 0 N–H and O–H groups in total. The molecular weight excluding hydrogens is 287 g/mol. The van der Waals surface area contributed by atoms with Crippen LogP contribution in [0, 0.1) is 0 Å². The molecule has 6 nitrogen and oxygen atoms in total. The number of pyridine rings is 1. The van der Waals surface area contributed by atoms with Crippen molar-refractivity contribution in [1.29, 1.82) is 0 Å². The van der Waals surface area contributed by atoms with Gasteiger partial charge in [-0.15, -0.1) is 0 Å². The minimum atomic E-state index is -5.14. The minimum Gasteiger partial charge on any atom is -0.357 e. The third kappa shape index (κ3) is 4.44. The van der Waals surface area contributed by atoms with Crippen molar-refractivity contribution in [3.05, 3.63) is 24.0 Å². The van der Waals surface area contributed by atoms with Gasteiger partial charge in [-0.2, -0.15) is 8.42 Å². The van der Waals surface area contributed by atoms with E-state index in [0.717, 1.165) is 12.3 Å². The normalized spacial score (nSPS) is 12.1. The molecular formula is C12H17FN2O4S. The molecule has 1 amide bonds. The molecule has 0 unspecified atom stereocenters. The van der Waals surface area contributed by atoms with Gasteiger partial charge in [-0.25, -0.2) is 0 Å². The van der Waals surface area contributed by atoms with Gasteiger partial charge in [0, 0.05) is 18.3 Å². The molecule has 1 aromatic heterocycles. The Morgan fingerprint density at radius 2 is 2.00 bits per heavy atom. The summed E-state index contributed by atoms with van der Waals surface area (Å²) in [5.74, 6) is -0.683. The highest BCUT2D eigenvalue weighted by Crippen LogP contribution is 2.20. The number of nitrogens with zero attached hydrogens (tertiary/aromatic N) is 2. The number of hydrogen-bond acceptors (Lipinski definition) is 5. The van der Waals surface area contributed by atoms with E-state index in [0.29, 0.717) is 6.54 Å². The number of halogens is 1. The maximum Gasteiger partial charge on any atom is 0.488 e. The fraction of sp³-hybridized carbons (Fsp3) is 0.500. The molecule has 0 aliphatic rings. The summed E-state index contributed by atoms with van der Waals surface area (Å²) in [6.07, 6.45) is 2.29. The first-order chi connectivity index (χ1) is 9.04. The number of hydrogen-bond donors (Lipinski definition) is 0.